The smallest absolute Gasteiger partial charge is 0.126 e. The van der Waals surface area contributed by atoms with Gasteiger partial charge in [-0.3, -0.25) is 0 Å². The molecule has 0 unspecified atom stereocenters. The van der Waals surface area contributed by atoms with E-state index >= 15 is 0 Å². The van der Waals surface area contributed by atoms with E-state index in [4.69, 9.17) is 16.0 Å². The Morgan fingerprint density at radius 3 is 2.65 bits per heavy atom. The van der Waals surface area contributed by atoms with E-state index in [1.165, 1.54) is 0 Å². The molecule has 0 aliphatic rings. The number of aryl methyl sites for hydroxylation is 2. The Labute approximate surface area is 106 Å². The number of furan rings is 1. The van der Waals surface area contributed by atoms with Crippen LogP contribution in [0, 0.1) is 13.8 Å². The van der Waals surface area contributed by atoms with Crippen molar-refractivity contribution >= 4 is 17.4 Å². The predicted molar refractivity (Wildman–Crippen MR) is 69.5 cm³/mol. The number of halogens is 1. The van der Waals surface area contributed by atoms with E-state index in [1.807, 2.05) is 32.0 Å². The molecule has 2 rings (SSSR count). The van der Waals surface area contributed by atoms with Crippen molar-refractivity contribution < 1.29 is 4.42 Å². The first-order valence-corrected chi connectivity index (χ1v) is 5.89. The van der Waals surface area contributed by atoms with Crippen molar-refractivity contribution in [2.45, 2.75) is 26.8 Å². The maximum absolute atomic E-state index is 5.79. The molecule has 0 aliphatic carbocycles. The van der Waals surface area contributed by atoms with Gasteiger partial charge in [-0.2, -0.15) is 0 Å². The van der Waals surface area contributed by atoms with Gasteiger partial charge >= 0.3 is 0 Å². The van der Waals surface area contributed by atoms with Crippen LogP contribution in [0.2, 0.25) is 5.02 Å². The minimum Gasteiger partial charge on any atom is -0.466 e. The van der Waals surface area contributed by atoms with Crippen molar-refractivity contribution in [3.05, 3.63) is 46.5 Å². The number of aromatic nitrogens is 1. The molecule has 0 saturated carbocycles. The summed E-state index contributed by atoms with van der Waals surface area (Å²) in [6.07, 6.45) is 1.63. The molecule has 2 aromatic heterocycles. The van der Waals surface area contributed by atoms with E-state index in [9.17, 15) is 0 Å². The van der Waals surface area contributed by atoms with Gasteiger partial charge in [-0.15, -0.1) is 0 Å². The molecule has 0 aliphatic heterocycles. The summed E-state index contributed by atoms with van der Waals surface area (Å²) in [6, 6.07) is 5.88. The molecule has 90 valence electrons. The third kappa shape index (κ3) is 2.80. The van der Waals surface area contributed by atoms with Crippen LogP contribution in [0.4, 0.5) is 5.82 Å². The lowest BCUT2D eigenvalue weighted by atomic mass is 10.1. The quantitative estimate of drug-likeness (QED) is 0.891. The molecule has 17 heavy (non-hydrogen) atoms. The van der Waals surface area contributed by atoms with E-state index in [0.717, 1.165) is 22.9 Å². The van der Waals surface area contributed by atoms with Crippen LogP contribution < -0.4 is 5.32 Å². The Kier molecular flexibility index (Phi) is 3.38. The second-order valence-corrected chi connectivity index (χ2v) is 4.53. The van der Waals surface area contributed by atoms with E-state index in [1.54, 1.807) is 6.20 Å². The zero-order valence-corrected chi connectivity index (χ0v) is 10.9. The van der Waals surface area contributed by atoms with Gasteiger partial charge in [-0.05, 0) is 39.0 Å². The molecule has 0 fully saturated rings. The van der Waals surface area contributed by atoms with Crippen LogP contribution in [-0.2, 0) is 0 Å². The molecule has 2 aromatic rings. The predicted octanol–water partition coefficient (Wildman–Crippen LogP) is 4.12. The highest BCUT2D eigenvalue weighted by Crippen LogP contribution is 2.24. The van der Waals surface area contributed by atoms with Crippen LogP contribution in [0.3, 0.4) is 0 Å². The average molecular weight is 251 g/mol. The maximum Gasteiger partial charge on any atom is 0.126 e. The molecule has 0 saturated heterocycles. The summed E-state index contributed by atoms with van der Waals surface area (Å²) in [4.78, 5) is 4.21. The monoisotopic (exact) mass is 250 g/mol. The first-order chi connectivity index (χ1) is 8.06. The van der Waals surface area contributed by atoms with Gasteiger partial charge in [-0.1, -0.05) is 11.6 Å². The van der Waals surface area contributed by atoms with Gasteiger partial charge < -0.3 is 9.73 Å². The summed E-state index contributed by atoms with van der Waals surface area (Å²) in [6.45, 7) is 5.99. The zero-order chi connectivity index (χ0) is 12.4. The molecule has 2 heterocycles. The normalized spacial score (nSPS) is 12.5. The molecule has 0 aromatic carbocycles. The van der Waals surface area contributed by atoms with Crippen LogP contribution in [0.5, 0.6) is 0 Å². The number of hydrogen-bond donors (Lipinski definition) is 1. The van der Waals surface area contributed by atoms with E-state index in [2.05, 4.69) is 17.2 Å². The summed E-state index contributed by atoms with van der Waals surface area (Å²) in [5, 5.41) is 3.95. The molecule has 3 nitrogen and oxygen atoms in total. The van der Waals surface area contributed by atoms with Crippen molar-refractivity contribution in [2.24, 2.45) is 0 Å². The lowest BCUT2D eigenvalue weighted by Crippen LogP contribution is -2.07. The fourth-order valence-electron chi connectivity index (χ4n) is 1.84. The van der Waals surface area contributed by atoms with E-state index < -0.39 is 0 Å². The van der Waals surface area contributed by atoms with Crippen molar-refractivity contribution in [1.82, 2.24) is 4.98 Å². The van der Waals surface area contributed by atoms with Gasteiger partial charge in [0.25, 0.3) is 0 Å². The second kappa shape index (κ2) is 4.80. The van der Waals surface area contributed by atoms with E-state index in [0.29, 0.717) is 5.02 Å². The molecule has 0 bridgehead atoms. The lowest BCUT2D eigenvalue weighted by Gasteiger charge is -2.13. The summed E-state index contributed by atoms with van der Waals surface area (Å²) in [7, 11) is 0. The summed E-state index contributed by atoms with van der Waals surface area (Å²) < 4.78 is 5.51. The largest absolute Gasteiger partial charge is 0.466 e. The van der Waals surface area contributed by atoms with E-state index in [-0.39, 0.29) is 6.04 Å². The van der Waals surface area contributed by atoms with Crippen molar-refractivity contribution in [2.75, 3.05) is 5.32 Å². The summed E-state index contributed by atoms with van der Waals surface area (Å²) >= 11 is 5.79. The number of nitrogens with zero attached hydrogens (tertiary/aromatic N) is 1. The number of hydrogen-bond acceptors (Lipinski definition) is 3. The van der Waals surface area contributed by atoms with Crippen LogP contribution in [-0.4, -0.2) is 4.98 Å². The molecule has 1 N–H and O–H groups in total. The fraction of sp³-hybridized carbons (Fsp3) is 0.308. The first kappa shape index (κ1) is 12.0. The molecule has 1 atom stereocenters. The average Bonchev–Trinajstić information content (AvgIpc) is 2.61. The maximum atomic E-state index is 5.79. The lowest BCUT2D eigenvalue weighted by molar-refractivity contribution is 0.500. The van der Waals surface area contributed by atoms with Gasteiger partial charge in [0.05, 0.1) is 11.1 Å². The summed E-state index contributed by atoms with van der Waals surface area (Å²) in [5.74, 6) is 2.67. The van der Waals surface area contributed by atoms with Gasteiger partial charge in [0.1, 0.15) is 17.3 Å². The van der Waals surface area contributed by atoms with Crippen LogP contribution in [0.1, 0.15) is 30.0 Å². The summed E-state index contributed by atoms with van der Waals surface area (Å²) in [5.41, 5.74) is 1.15. The van der Waals surface area contributed by atoms with Gasteiger partial charge in [-0.25, -0.2) is 4.98 Å². The number of pyridine rings is 1. The highest BCUT2D eigenvalue weighted by atomic mass is 35.5. The van der Waals surface area contributed by atoms with Gasteiger partial charge in [0, 0.05) is 11.8 Å². The Hall–Kier alpha value is -1.48. The van der Waals surface area contributed by atoms with Crippen molar-refractivity contribution in [3.8, 4) is 0 Å². The first-order valence-electron chi connectivity index (χ1n) is 5.51. The van der Waals surface area contributed by atoms with Gasteiger partial charge in [0.2, 0.25) is 0 Å². The third-order valence-electron chi connectivity index (χ3n) is 2.64. The van der Waals surface area contributed by atoms with Crippen LogP contribution in [0.25, 0.3) is 0 Å². The van der Waals surface area contributed by atoms with Crippen molar-refractivity contribution in [3.63, 3.8) is 0 Å². The number of nitrogens with one attached hydrogen (secondary N) is 1. The Morgan fingerprint density at radius 1 is 1.35 bits per heavy atom. The minimum absolute atomic E-state index is 0.154. The fourth-order valence-corrected chi connectivity index (χ4v) is 1.95. The molecule has 0 radical (unpaired) electrons. The minimum atomic E-state index is 0.154. The zero-order valence-electron chi connectivity index (χ0n) is 10.1. The number of anilines is 1. The standard InChI is InChI=1S/C13H15ClN2O/c1-8-6-12(10(3)17-8)9(2)16-13-5-4-11(14)7-15-13/h4-7,9H,1-3H3,(H,15,16)/t9-/m1/s1. The molecule has 4 heteroatoms. The second-order valence-electron chi connectivity index (χ2n) is 4.10. The molecular weight excluding hydrogens is 236 g/mol. The SMILES string of the molecule is Cc1cc([C@@H](C)Nc2ccc(Cl)cn2)c(C)o1. The third-order valence-corrected chi connectivity index (χ3v) is 2.86. The highest BCUT2D eigenvalue weighted by molar-refractivity contribution is 6.30. The number of rotatable bonds is 3. The Morgan fingerprint density at radius 2 is 2.12 bits per heavy atom. The molecule has 0 spiro atoms. The van der Waals surface area contributed by atoms with Crippen molar-refractivity contribution in [1.29, 1.82) is 0 Å². The highest BCUT2D eigenvalue weighted by Gasteiger charge is 2.12. The van der Waals surface area contributed by atoms with Gasteiger partial charge in [0.15, 0.2) is 0 Å². The Bertz CT molecular complexity index is 505. The topological polar surface area (TPSA) is 38.1 Å². The van der Waals surface area contributed by atoms with Crippen LogP contribution >= 0.6 is 11.6 Å². The Balaban J connectivity index is 2.14. The molecule has 0 amide bonds. The molecular formula is C13H15ClN2O. The van der Waals surface area contributed by atoms with Crippen LogP contribution in [0.15, 0.2) is 28.8 Å².